The van der Waals surface area contributed by atoms with Crippen LogP contribution in [0.15, 0.2) is 0 Å². The maximum absolute atomic E-state index is 12.9. The van der Waals surface area contributed by atoms with Crippen LogP contribution >= 0.6 is 0 Å². The lowest BCUT2D eigenvalue weighted by Crippen LogP contribution is -2.50. The van der Waals surface area contributed by atoms with Crippen LogP contribution in [0.4, 0.5) is 4.79 Å². The predicted molar refractivity (Wildman–Crippen MR) is 101 cm³/mol. The number of nitrogens with one attached hydrogen (secondary N) is 2. The molecule has 0 radical (unpaired) electrons. The molecule has 2 unspecified atom stereocenters. The van der Waals surface area contributed by atoms with E-state index >= 15 is 0 Å². The topological polar surface area (TPSA) is 87.7 Å². The zero-order valence-corrected chi connectivity index (χ0v) is 16.6. The molecule has 0 bridgehead atoms. The van der Waals surface area contributed by atoms with Gasteiger partial charge in [0.1, 0.15) is 5.60 Å². The van der Waals surface area contributed by atoms with Crippen LogP contribution in [-0.2, 0) is 9.53 Å². The first-order valence-corrected chi connectivity index (χ1v) is 10.2. The smallest absolute Gasteiger partial charge is 0.407 e. The van der Waals surface area contributed by atoms with E-state index in [9.17, 15) is 14.7 Å². The number of amides is 2. The van der Waals surface area contributed by atoms with Gasteiger partial charge in [-0.2, -0.15) is 0 Å². The van der Waals surface area contributed by atoms with E-state index in [-0.39, 0.29) is 30.5 Å². The predicted octanol–water partition coefficient (Wildman–Crippen LogP) is 3.13. The number of aliphatic hydroxyl groups excluding tert-OH is 1. The van der Waals surface area contributed by atoms with Crippen molar-refractivity contribution in [1.82, 2.24) is 10.6 Å². The molecule has 2 atom stereocenters. The zero-order chi connectivity index (χ0) is 19.2. The van der Waals surface area contributed by atoms with E-state index in [4.69, 9.17) is 4.74 Å². The summed E-state index contributed by atoms with van der Waals surface area (Å²) in [6.45, 7) is 5.76. The molecular formula is C20H36N2O4. The first-order chi connectivity index (χ1) is 12.3. The molecule has 3 N–H and O–H groups in total. The highest BCUT2D eigenvalue weighted by atomic mass is 16.6. The third-order valence-electron chi connectivity index (χ3n) is 5.51. The van der Waals surface area contributed by atoms with Crippen LogP contribution in [0.25, 0.3) is 0 Å². The van der Waals surface area contributed by atoms with Gasteiger partial charge >= 0.3 is 6.09 Å². The van der Waals surface area contributed by atoms with Gasteiger partial charge < -0.3 is 20.5 Å². The van der Waals surface area contributed by atoms with Crippen LogP contribution < -0.4 is 10.6 Å². The maximum atomic E-state index is 12.9. The van der Waals surface area contributed by atoms with Gasteiger partial charge in [0, 0.05) is 18.7 Å². The molecule has 2 aliphatic carbocycles. The molecule has 2 fully saturated rings. The Morgan fingerprint density at radius 2 is 1.62 bits per heavy atom. The first kappa shape index (κ1) is 21.0. The number of hydrogen-bond donors (Lipinski definition) is 3. The van der Waals surface area contributed by atoms with Crippen LogP contribution in [0.1, 0.15) is 78.6 Å². The van der Waals surface area contributed by atoms with Gasteiger partial charge in [-0.1, -0.05) is 19.3 Å². The van der Waals surface area contributed by atoms with Gasteiger partial charge in [0.2, 0.25) is 5.91 Å². The zero-order valence-electron chi connectivity index (χ0n) is 16.6. The van der Waals surface area contributed by atoms with Crippen molar-refractivity contribution in [3.8, 4) is 0 Å². The first-order valence-electron chi connectivity index (χ1n) is 10.2. The second-order valence-corrected chi connectivity index (χ2v) is 8.91. The maximum Gasteiger partial charge on any atom is 0.407 e. The van der Waals surface area contributed by atoms with Gasteiger partial charge in [-0.3, -0.25) is 4.79 Å². The average molecular weight is 369 g/mol. The van der Waals surface area contributed by atoms with E-state index in [1.54, 1.807) is 0 Å². The third-order valence-corrected chi connectivity index (χ3v) is 5.51. The van der Waals surface area contributed by atoms with Crippen molar-refractivity contribution in [2.24, 2.45) is 11.8 Å². The molecule has 2 aliphatic rings. The van der Waals surface area contributed by atoms with Gasteiger partial charge in [-0.15, -0.1) is 0 Å². The molecule has 2 amide bonds. The van der Waals surface area contributed by atoms with Gasteiger partial charge in [0.25, 0.3) is 0 Å². The van der Waals surface area contributed by atoms with Crippen LogP contribution in [0, 0.1) is 11.8 Å². The van der Waals surface area contributed by atoms with E-state index in [0.717, 1.165) is 57.8 Å². The molecule has 26 heavy (non-hydrogen) atoms. The molecule has 6 heteroatoms. The lowest BCUT2D eigenvalue weighted by Gasteiger charge is -2.31. The summed E-state index contributed by atoms with van der Waals surface area (Å²) in [5, 5.41) is 15.4. The normalized spacial score (nSPS) is 30.2. The molecule has 2 rings (SSSR count). The van der Waals surface area contributed by atoms with Crippen molar-refractivity contribution in [3.05, 3.63) is 0 Å². The number of hydrogen-bond acceptors (Lipinski definition) is 4. The minimum Gasteiger partial charge on any atom is -0.444 e. The van der Waals surface area contributed by atoms with Gasteiger partial charge in [0.15, 0.2) is 0 Å². The number of carbonyl (C=O) groups is 2. The largest absolute Gasteiger partial charge is 0.444 e. The second-order valence-electron chi connectivity index (χ2n) is 8.91. The molecule has 6 nitrogen and oxygen atoms in total. The summed E-state index contributed by atoms with van der Waals surface area (Å²) in [6.07, 6.45) is 8.09. The molecule has 0 aromatic heterocycles. The fourth-order valence-electron chi connectivity index (χ4n) is 4.05. The highest BCUT2D eigenvalue weighted by molar-refractivity contribution is 5.80. The van der Waals surface area contributed by atoms with Crippen molar-refractivity contribution in [2.75, 3.05) is 6.61 Å². The van der Waals surface area contributed by atoms with Gasteiger partial charge in [0.05, 0.1) is 5.92 Å². The highest BCUT2D eigenvalue weighted by Crippen LogP contribution is 2.27. The highest BCUT2D eigenvalue weighted by Gasteiger charge is 2.33. The van der Waals surface area contributed by atoms with Crippen molar-refractivity contribution < 1.29 is 19.4 Å². The SMILES string of the molecule is CC(C)(C)OC(=O)NC1CCCCCC1C(=O)NC1CCC(CO)CC1. The molecule has 0 aliphatic heterocycles. The third kappa shape index (κ3) is 6.78. The second kappa shape index (κ2) is 9.58. The van der Waals surface area contributed by atoms with Gasteiger partial charge in [-0.25, -0.2) is 4.79 Å². The molecule has 0 saturated heterocycles. The van der Waals surface area contributed by atoms with E-state index in [1.165, 1.54) is 0 Å². The Hall–Kier alpha value is -1.30. The van der Waals surface area contributed by atoms with Crippen LogP contribution in [0.3, 0.4) is 0 Å². The fourth-order valence-corrected chi connectivity index (χ4v) is 4.05. The summed E-state index contributed by atoms with van der Waals surface area (Å²) >= 11 is 0. The molecule has 0 heterocycles. The minimum absolute atomic E-state index is 0.0559. The monoisotopic (exact) mass is 368 g/mol. The molecule has 0 spiro atoms. The Bertz CT molecular complexity index is 467. The molecule has 2 saturated carbocycles. The Kier molecular flexibility index (Phi) is 7.74. The van der Waals surface area contributed by atoms with Gasteiger partial charge in [-0.05, 0) is 65.2 Å². The molecular weight excluding hydrogens is 332 g/mol. The van der Waals surface area contributed by atoms with E-state index in [1.807, 2.05) is 20.8 Å². The lowest BCUT2D eigenvalue weighted by atomic mass is 9.86. The summed E-state index contributed by atoms with van der Waals surface area (Å²) in [7, 11) is 0. The van der Waals surface area contributed by atoms with E-state index in [0.29, 0.717) is 5.92 Å². The Morgan fingerprint density at radius 3 is 2.23 bits per heavy atom. The quantitative estimate of drug-likeness (QED) is 0.665. The molecule has 0 aromatic carbocycles. The van der Waals surface area contributed by atoms with E-state index in [2.05, 4.69) is 10.6 Å². The average Bonchev–Trinajstić information content (AvgIpc) is 2.79. The van der Waals surface area contributed by atoms with Crippen molar-refractivity contribution in [1.29, 1.82) is 0 Å². The summed E-state index contributed by atoms with van der Waals surface area (Å²) in [4.78, 5) is 25.1. The standard InChI is InChI=1S/C20H36N2O4/c1-20(2,3)26-19(25)22-17-8-6-4-5-7-16(17)18(24)21-15-11-9-14(13-23)10-12-15/h14-17,23H,4-13H2,1-3H3,(H,21,24)(H,22,25). The summed E-state index contributed by atoms with van der Waals surface area (Å²) in [5.41, 5.74) is -0.544. The van der Waals surface area contributed by atoms with Crippen LogP contribution in [0.2, 0.25) is 0 Å². The summed E-state index contributed by atoms with van der Waals surface area (Å²) in [6, 6.07) is 0.0249. The Balaban J connectivity index is 1.92. The molecule has 0 aromatic rings. The van der Waals surface area contributed by atoms with Crippen molar-refractivity contribution in [2.45, 2.75) is 96.2 Å². The molecule has 150 valence electrons. The van der Waals surface area contributed by atoms with Crippen LogP contribution in [-0.4, -0.2) is 41.4 Å². The minimum atomic E-state index is -0.544. The van der Waals surface area contributed by atoms with Crippen LogP contribution in [0.5, 0.6) is 0 Å². The van der Waals surface area contributed by atoms with Crippen molar-refractivity contribution in [3.63, 3.8) is 0 Å². The Labute approximate surface area is 157 Å². The number of aliphatic hydroxyl groups is 1. The number of rotatable bonds is 4. The lowest BCUT2D eigenvalue weighted by molar-refractivity contribution is -0.127. The van der Waals surface area contributed by atoms with E-state index < -0.39 is 11.7 Å². The summed E-state index contributed by atoms with van der Waals surface area (Å²) < 4.78 is 5.38. The number of carbonyl (C=O) groups excluding carboxylic acids is 2. The summed E-state index contributed by atoms with van der Waals surface area (Å²) in [5.74, 6) is 0.239. The van der Waals surface area contributed by atoms with Crippen molar-refractivity contribution >= 4 is 12.0 Å². The fraction of sp³-hybridized carbons (Fsp3) is 0.900. The Morgan fingerprint density at radius 1 is 0.962 bits per heavy atom. The number of ether oxygens (including phenoxy) is 1. The number of alkyl carbamates (subject to hydrolysis) is 1.